The second-order valence-electron chi connectivity index (χ2n) is 5.32. The van der Waals surface area contributed by atoms with Gasteiger partial charge in [-0.1, -0.05) is 6.92 Å². The Morgan fingerprint density at radius 2 is 2.15 bits per heavy atom. The highest BCUT2D eigenvalue weighted by molar-refractivity contribution is 5.56. The average Bonchev–Trinajstić information content (AvgIpc) is 3.00. The van der Waals surface area contributed by atoms with Gasteiger partial charge in [-0.3, -0.25) is 0 Å². The predicted octanol–water partition coefficient (Wildman–Crippen LogP) is 4.16. The molecule has 1 aromatic heterocycles. The van der Waals surface area contributed by atoms with Gasteiger partial charge in [-0.2, -0.15) is 0 Å². The minimum Gasteiger partial charge on any atom is -0.494 e. The first-order chi connectivity index (χ1) is 9.67. The van der Waals surface area contributed by atoms with Crippen LogP contribution in [0.5, 0.6) is 5.75 Å². The summed E-state index contributed by atoms with van der Waals surface area (Å²) in [4.78, 5) is 0. The smallest absolute Gasteiger partial charge is 0.144 e. The molecule has 2 unspecified atom stereocenters. The molecule has 0 spiro atoms. The zero-order chi connectivity index (χ0) is 14.1. The maximum atomic E-state index is 13.1. The molecule has 2 aromatic rings. The van der Waals surface area contributed by atoms with Crippen molar-refractivity contribution in [1.29, 1.82) is 0 Å². The van der Waals surface area contributed by atoms with Crippen molar-refractivity contribution in [3.8, 4) is 5.75 Å². The number of hydrogen-bond donors (Lipinski definition) is 1. The summed E-state index contributed by atoms with van der Waals surface area (Å²) in [5.41, 5.74) is 0.756. The minimum absolute atomic E-state index is 0.310. The zero-order valence-corrected chi connectivity index (χ0v) is 11.7. The van der Waals surface area contributed by atoms with Gasteiger partial charge in [-0.15, -0.1) is 0 Å². The lowest BCUT2D eigenvalue weighted by molar-refractivity contribution is 0.412. The second-order valence-corrected chi connectivity index (χ2v) is 5.32. The Balaban J connectivity index is 1.65. The Hall–Kier alpha value is -1.97. The maximum absolute atomic E-state index is 13.1. The summed E-state index contributed by atoms with van der Waals surface area (Å²) in [6, 6.07) is 8.48. The van der Waals surface area contributed by atoms with E-state index < -0.39 is 0 Å². The number of nitrogens with one attached hydrogen (secondary N) is 1. The van der Waals surface area contributed by atoms with Crippen LogP contribution >= 0.6 is 0 Å². The van der Waals surface area contributed by atoms with E-state index in [1.807, 2.05) is 12.1 Å². The first-order valence-electron chi connectivity index (χ1n) is 6.83. The highest BCUT2D eigenvalue weighted by atomic mass is 19.1. The lowest BCUT2D eigenvalue weighted by Gasteiger charge is -2.10. The highest BCUT2D eigenvalue weighted by Crippen LogP contribution is 2.47. The highest BCUT2D eigenvalue weighted by Gasteiger charge is 2.36. The fourth-order valence-corrected chi connectivity index (χ4v) is 2.40. The summed E-state index contributed by atoms with van der Waals surface area (Å²) < 4.78 is 24.1. The quantitative estimate of drug-likeness (QED) is 0.889. The van der Waals surface area contributed by atoms with Gasteiger partial charge < -0.3 is 14.5 Å². The van der Waals surface area contributed by atoms with Crippen LogP contribution in [0.2, 0.25) is 0 Å². The number of rotatable bonds is 5. The molecule has 1 aliphatic rings. The summed E-state index contributed by atoms with van der Waals surface area (Å²) in [5.74, 6) is 3.46. The van der Waals surface area contributed by atoms with E-state index in [0.717, 1.165) is 23.1 Å². The van der Waals surface area contributed by atoms with Crippen molar-refractivity contribution in [2.75, 3.05) is 12.4 Å². The van der Waals surface area contributed by atoms with Crippen LogP contribution in [0.15, 0.2) is 34.7 Å². The average molecular weight is 275 g/mol. The summed E-state index contributed by atoms with van der Waals surface area (Å²) in [6.45, 7) is 2.79. The number of ether oxygens (including phenoxy) is 1. The van der Waals surface area contributed by atoms with E-state index in [1.54, 1.807) is 6.07 Å². The van der Waals surface area contributed by atoms with Gasteiger partial charge >= 0.3 is 0 Å². The van der Waals surface area contributed by atoms with Crippen LogP contribution in [0, 0.1) is 11.7 Å². The zero-order valence-electron chi connectivity index (χ0n) is 11.7. The molecule has 0 bridgehead atoms. The van der Waals surface area contributed by atoms with E-state index in [2.05, 4.69) is 12.2 Å². The van der Waals surface area contributed by atoms with Crippen molar-refractivity contribution in [3.63, 3.8) is 0 Å². The minimum atomic E-state index is -0.310. The molecule has 0 aliphatic heterocycles. The van der Waals surface area contributed by atoms with Gasteiger partial charge in [-0.25, -0.2) is 4.39 Å². The van der Waals surface area contributed by atoms with E-state index in [9.17, 15) is 4.39 Å². The number of halogens is 1. The van der Waals surface area contributed by atoms with Crippen molar-refractivity contribution < 1.29 is 13.5 Å². The number of hydrogen-bond acceptors (Lipinski definition) is 3. The lowest BCUT2D eigenvalue weighted by atomic mass is 10.2. The van der Waals surface area contributed by atoms with Gasteiger partial charge in [0.1, 0.15) is 23.1 Å². The molecule has 1 saturated carbocycles. The largest absolute Gasteiger partial charge is 0.494 e. The Morgan fingerprint density at radius 3 is 2.85 bits per heavy atom. The van der Waals surface area contributed by atoms with Gasteiger partial charge in [0.25, 0.3) is 0 Å². The molecule has 1 N–H and O–H groups in total. The maximum Gasteiger partial charge on any atom is 0.144 e. The molecule has 0 radical (unpaired) electrons. The molecule has 0 amide bonds. The van der Waals surface area contributed by atoms with Crippen LogP contribution in [-0.2, 0) is 6.54 Å². The van der Waals surface area contributed by atoms with Crippen molar-refractivity contribution in [3.05, 3.63) is 47.7 Å². The fourth-order valence-electron chi connectivity index (χ4n) is 2.40. The second kappa shape index (κ2) is 5.19. The van der Waals surface area contributed by atoms with Crippen molar-refractivity contribution >= 4 is 5.69 Å². The monoisotopic (exact) mass is 275 g/mol. The van der Waals surface area contributed by atoms with E-state index in [-0.39, 0.29) is 5.82 Å². The van der Waals surface area contributed by atoms with Gasteiger partial charge in [0.05, 0.1) is 19.3 Å². The molecular formula is C16H18FNO2. The van der Waals surface area contributed by atoms with Crippen LogP contribution < -0.4 is 10.1 Å². The third-order valence-electron chi connectivity index (χ3n) is 3.77. The molecule has 4 heteroatoms. The summed E-state index contributed by atoms with van der Waals surface area (Å²) in [5, 5.41) is 3.21. The Morgan fingerprint density at radius 1 is 1.35 bits per heavy atom. The molecule has 106 valence electrons. The molecule has 3 rings (SSSR count). The number of anilines is 1. The molecule has 1 aromatic carbocycles. The molecule has 2 atom stereocenters. The van der Waals surface area contributed by atoms with Gasteiger partial charge in [0.2, 0.25) is 0 Å². The molecule has 1 heterocycles. The Bertz CT molecular complexity index is 608. The van der Waals surface area contributed by atoms with E-state index >= 15 is 0 Å². The first-order valence-corrected chi connectivity index (χ1v) is 6.83. The third kappa shape index (κ3) is 2.64. The fraction of sp³-hybridized carbons (Fsp3) is 0.375. The normalized spacial score (nSPS) is 20.8. The number of methoxy groups -OCH3 is 1. The topological polar surface area (TPSA) is 34.4 Å². The van der Waals surface area contributed by atoms with Gasteiger partial charge in [-0.05, 0) is 36.6 Å². The van der Waals surface area contributed by atoms with Crippen molar-refractivity contribution in [1.82, 2.24) is 0 Å². The SMILES string of the molecule is COc1cc(F)ccc1NCc1ccc(C2CC2C)o1. The van der Waals surface area contributed by atoms with E-state index in [1.165, 1.54) is 25.7 Å². The molecule has 1 aliphatic carbocycles. The van der Waals surface area contributed by atoms with E-state index in [4.69, 9.17) is 9.15 Å². The van der Waals surface area contributed by atoms with Crippen molar-refractivity contribution in [2.45, 2.75) is 25.8 Å². The van der Waals surface area contributed by atoms with Crippen LogP contribution in [-0.4, -0.2) is 7.11 Å². The predicted molar refractivity (Wildman–Crippen MR) is 75.5 cm³/mol. The Kier molecular flexibility index (Phi) is 3.38. The molecule has 0 saturated heterocycles. The summed E-state index contributed by atoms with van der Waals surface area (Å²) in [6.07, 6.45) is 1.21. The standard InChI is InChI=1S/C16H18FNO2/c1-10-7-13(10)15-6-4-12(20-15)9-18-14-5-3-11(17)8-16(14)19-2/h3-6,8,10,13,18H,7,9H2,1-2H3. The van der Waals surface area contributed by atoms with Crippen LogP contribution in [0.1, 0.15) is 30.8 Å². The van der Waals surface area contributed by atoms with Crippen LogP contribution in [0.3, 0.4) is 0 Å². The molecule has 20 heavy (non-hydrogen) atoms. The molecule has 3 nitrogen and oxygen atoms in total. The van der Waals surface area contributed by atoms with Crippen LogP contribution in [0.4, 0.5) is 10.1 Å². The molecular weight excluding hydrogens is 257 g/mol. The molecule has 1 fully saturated rings. The summed E-state index contributed by atoms with van der Waals surface area (Å²) >= 11 is 0. The number of furan rings is 1. The van der Waals surface area contributed by atoms with Crippen molar-refractivity contribution in [2.24, 2.45) is 5.92 Å². The third-order valence-corrected chi connectivity index (χ3v) is 3.77. The Labute approximate surface area is 117 Å². The van der Waals surface area contributed by atoms with Gasteiger partial charge in [0, 0.05) is 12.0 Å². The van der Waals surface area contributed by atoms with E-state index in [0.29, 0.717) is 18.2 Å². The van der Waals surface area contributed by atoms with Gasteiger partial charge in [0.15, 0.2) is 0 Å². The summed E-state index contributed by atoms with van der Waals surface area (Å²) in [7, 11) is 1.53. The number of benzene rings is 1. The first kappa shape index (κ1) is 13.0. The lowest BCUT2D eigenvalue weighted by Crippen LogP contribution is -2.00. The van der Waals surface area contributed by atoms with Crippen LogP contribution in [0.25, 0.3) is 0 Å².